The number of aromatic nitrogens is 2. The van der Waals surface area contributed by atoms with Gasteiger partial charge in [0.2, 0.25) is 11.0 Å². The molecule has 0 radical (unpaired) electrons. The second-order valence-corrected chi connectivity index (χ2v) is 7.66. The van der Waals surface area contributed by atoms with Crippen molar-refractivity contribution < 1.29 is 9.18 Å². The van der Waals surface area contributed by atoms with Gasteiger partial charge in [-0.2, -0.15) is 0 Å². The maximum Gasteiger partial charge on any atom is 0.240 e. The van der Waals surface area contributed by atoms with Gasteiger partial charge in [0.25, 0.3) is 0 Å². The number of carbonyl (C=O) groups excluding carboxylic acids is 1. The highest BCUT2D eigenvalue weighted by atomic mass is 35.5. The molecule has 0 unspecified atom stereocenters. The maximum atomic E-state index is 13.1. The maximum absolute atomic E-state index is 13.1. The molecule has 1 aromatic heterocycles. The molecule has 1 N–H and O–H groups in total. The van der Waals surface area contributed by atoms with Crippen LogP contribution in [-0.2, 0) is 17.8 Å². The topological polar surface area (TPSA) is 61.4 Å². The molecule has 6 nitrogen and oxygen atoms in total. The summed E-state index contributed by atoms with van der Waals surface area (Å²) in [5.74, 6) is -0.394. The zero-order valence-electron chi connectivity index (χ0n) is 14.5. The Morgan fingerprint density at radius 2 is 2.00 bits per heavy atom. The van der Waals surface area contributed by atoms with Crippen LogP contribution in [0.2, 0.25) is 5.02 Å². The number of carbonyl (C=O) groups is 1. The summed E-state index contributed by atoms with van der Waals surface area (Å²) in [6, 6.07) is 4.50. The number of anilines is 1. The minimum Gasteiger partial charge on any atom is -0.299 e. The van der Waals surface area contributed by atoms with Crippen LogP contribution in [0.5, 0.6) is 0 Å². The number of piperazine rings is 1. The molecule has 1 saturated heterocycles. The molecule has 1 aliphatic rings. The molecular formula is C17H21ClFN5OS. The first-order valence-corrected chi connectivity index (χ1v) is 9.74. The van der Waals surface area contributed by atoms with Crippen molar-refractivity contribution in [2.45, 2.75) is 19.9 Å². The quantitative estimate of drug-likeness (QED) is 0.812. The van der Waals surface area contributed by atoms with Gasteiger partial charge in [-0.15, -0.1) is 10.2 Å². The van der Waals surface area contributed by atoms with Crippen molar-refractivity contribution in [3.63, 3.8) is 0 Å². The van der Waals surface area contributed by atoms with Crippen molar-refractivity contribution in [2.75, 3.05) is 38.0 Å². The number of nitrogens with one attached hydrogen (secondary N) is 1. The third-order valence-corrected chi connectivity index (χ3v) is 5.59. The lowest BCUT2D eigenvalue weighted by molar-refractivity contribution is -0.117. The van der Waals surface area contributed by atoms with E-state index in [0.717, 1.165) is 43.2 Å². The number of hydrogen-bond donors (Lipinski definition) is 1. The average molecular weight is 398 g/mol. The van der Waals surface area contributed by atoms with E-state index in [9.17, 15) is 9.18 Å². The summed E-state index contributed by atoms with van der Waals surface area (Å²) in [5.41, 5.74) is 0.919. The van der Waals surface area contributed by atoms with Gasteiger partial charge in [0.1, 0.15) is 10.8 Å². The minimum atomic E-state index is -0.323. The predicted molar refractivity (Wildman–Crippen MR) is 101 cm³/mol. The fourth-order valence-electron chi connectivity index (χ4n) is 2.81. The predicted octanol–water partition coefficient (Wildman–Crippen LogP) is 2.65. The summed E-state index contributed by atoms with van der Waals surface area (Å²) < 4.78 is 13.1. The van der Waals surface area contributed by atoms with Gasteiger partial charge in [0.15, 0.2) is 0 Å². The van der Waals surface area contributed by atoms with E-state index in [1.54, 1.807) is 6.07 Å². The number of halogens is 2. The van der Waals surface area contributed by atoms with Crippen LogP contribution < -0.4 is 5.32 Å². The molecule has 1 fully saturated rings. The van der Waals surface area contributed by atoms with Crippen molar-refractivity contribution in [1.82, 2.24) is 20.0 Å². The largest absolute Gasteiger partial charge is 0.299 e. The van der Waals surface area contributed by atoms with Crippen molar-refractivity contribution in [1.29, 1.82) is 0 Å². The van der Waals surface area contributed by atoms with E-state index in [-0.39, 0.29) is 11.7 Å². The Morgan fingerprint density at radius 3 is 2.65 bits per heavy atom. The summed E-state index contributed by atoms with van der Waals surface area (Å²) in [7, 11) is 0. The molecule has 0 bridgehead atoms. The Balaban J connectivity index is 1.43. The minimum absolute atomic E-state index is 0.0705. The van der Waals surface area contributed by atoms with Crippen LogP contribution in [0.15, 0.2) is 18.2 Å². The molecular weight excluding hydrogens is 377 g/mol. The molecule has 140 valence electrons. The Bertz CT molecular complexity index is 763. The number of hydrogen-bond acceptors (Lipinski definition) is 6. The molecule has 26 heavy (non-hydrogen) atoms. The molecule has 1 amide bonds. The van der Waals surface area contributed by atoms with E-state index in [2.05, 4.69) is 25.3 Å². The second kappa shape index (κ2) is 8.85. The first kappa shape index (κ1) is 19.2. The van der Waals surface area contributed by atoms with E-state index >= 15 is 0 Å². The summed E-state index contributed by atoms with van der Waals surface area (Å²) in [5, 5.41) is 12.7. The summed E-state index contributed by atoms with van der Waals surface area (Å²) in [6.07, 6.45) is 0.813. The van der Waals surface area contributed by atoms with Gasteiger partial charge in [0, 0.05) is 37.7 Å². The molecule has 1 aliphatic heterocycles. The van der Waals surface area contributed by atoms with Crippen LogP contribution in [0.25, 0.3) is 0 Å². The first-order valence-electron chi connectivity index (χ1n) is 8.54. The fraction of sp³-hybridized carbons (Fsp3) is 0.471. The van der Waals surface area contributed by atoms with Gasteiger partial charge >= 0.3 is 0 Å². The monoisotopic (exact) mass is 397 g/mol. The first-order chi connectivity index (χ1) is 12.5. The standard InChI is InChI=1S/C17H21ClFN5OS/c1-2-16-21-22-17(26-16)20-15(25)11-24-7-5-23(6-8-24)10-12-3-4-13(19)9-14(12)18/h3-4,9H,2,5-8,10-11H2,1H3,(H,20,22,25). The van der Waals surface area contributed by atoms with E-state index in [4.69, 9.17) is 11.6 Å². The number of amides is 1. The molecule has 9 heteroatoms. The third kappa shape index (κ3) is 5.20. The van der Waals surface area contributed by atoms with Gasteiger partial charge in [-0.25, -0.2) is 4.39 Å². The normalized spacial score (nSPS) is 16.0. The highest BCUT2D eigenvalue weighted by molar-refractivity contribution is 7.15. The SMILES string of the molecule is CCc1nnc(NC(=O)CN2CCN(Cc3ccc(F)cc3Cl)CC2)s1. The molecule has 2 heterocycles. The van der Waals surface area contributed by atoms with Crippen LogP contribution in [0, 0.1) is 5.82 Å². The van der Waals surface area contributed by atoms with Crippen molar-refractivity contribution >= 4 is 34.0 Å². The second-order valence-electron chi connectivity index (χ2n) is 6.19. The Kier molecular flexibility index (Phi) is 6.53. The Morgan fingerprint density at radius 1 is 1.27 bits per heavy atom. The highest BCUT2D eigenvalue weighted by Crippen LogP contribution is 2.20. The van der Waals surface area contributed by atoms with Crippen LogP contribution in [0.4, 0.5) is 9.52 Å². The molecule has 0 atom stereocenters. The fourth-order valence-corrected chi connectivity index (χ4v) is 3.73. The summed E-state index contributed by atoms with van der Waals surface area (Å²) in [6.45, 7) is 6.28. The molecule has 2 aromatic rings. The van der Waals surface area contributed by atoms with Gasteiger partial charge < -0.3 is 0 Å². The average Bonchev–Trinajstić information content (AvgIpc) is 3.06. The van der Waals surface area contributed by atoms with E-state index in [1.807, 2.05) is 6.92 Å². The highest BCUT2D eigenvalue weighted by Gasteiger charge is 2.20. The summed E-state index contributed by atoms with van der Waals surface area (Å²) in [4.78, 5) is 16.5. The Labute approximate surface area is 161 Å². The van der Waals surface area contributed by atoms with Crippen LogP contribution in [-0.4, -0.2) is 58.6 Å². The Hall–Kier alpha value is -1.61. The van der Waals surface area contributed by atoms with Crippen LogP contribution in [0.1, 0.15) is 17.5 Å². The lowest BCUT2D eigenvalue weighted by Crippen LogP contribution is -2.48. The zero-order chi connectivity index (χ0) is 18.5. The van der Waals surface area contributed by atoms with E-state index in [0.29, 0.717) is 23.2 Å². The van der Waals surface area contributed by atoms with Gasteiger partial charge in [-0.3, -0.25) is 19.9 Å². The van der Waals surface area contributed by atoms with E-state index in [1.165, 1.54) is 23.5 Å². The van der Waals surface area contributed by atoms with E-state index < -0.39 is 0 Å². The van der Waals surface area contributed by atoms with Crippen LogP contribution in [0.3, 0.4) is 0 Å². The number of benzene rings is 1. The lowest BCUT2D eigenvalue weighted by Gasteiger charge is -2.34. The number of nitrogens with zero attached hydrogens (tertiary/aromatic N) is 4. The lowest BCUT2D eigenvalue weighted by atomic mass is 10.2. The van der Waals surface area contributed by atoms with Gasteiger partial charge in [-0.1, -0.05) is 35.9 Å². The van der Waals surface area contributed by atoms with Gasteiger partial charge in [0.05, 0.1) is 6.54 Å². The van der Waals surface area contributed by atoms with Crippen molar-refractivity contribution in [3.05, 3.63) is 39.6 Å². The smallest absolute Gasteiger partial charge is 0.240 e. The molecule has 0 aliphatic carbocycles. The van der Waals surface area contributed by atoms with Crippen molar-refractivity contribution in [2.24, 2.45) is 0 Å². The zero-order valence-corrected chi connectivity index (χ0v) is 16.1. The van der Waals surface area contributed by atoms with Gasteiger partial charge in [-0.05, 0) is 24.1 Å². The number of rotatable bonds is 6. The number of aryl methyl sites for hydroxylation is 1. The molecule has 0 spiro atoms. The third-order valence-electron chi connectivity index (χ3n) is 4.26. The van der Waals surface area contributed by atoms with Crippen molar-refractivity contribution in [3.8, 4) is 0 Å². The molecule has 3 rings (SSSR count). The van der Waals surface area contributed by atoms with Crippen LogP contribution >= 0.6 is 22.9 Å². The molecule has 0 saturated carbocycles. The summed E-state index contributed by atoms with van der Waals surface area (Å²) >= 11 is 7.50. The molecule has 1 aromatic carbocycles.